The second-order valence-corrected chi connectivity index (χ2v) is 7.22. The van der Waals surface area contributed by atoms with E-state index in [1.54, 1.807) is 30.3 Å². The van der Waals surface area contributed by atoms with Gasteiger partial charge in [0.2, 0.25) is 0 Å². The summed E-state index contributed by atoms with van der Waals surface area (Å²) in [6, 6.07) is 9.18. The van der Waals surface area contributed by atoms with Crippen LogP contribution in [-0.4, -0.2) is 61.2 Å². The molecule has 0 radical (unpaired) electrons. The van der Waals surface area contributed by atoms with Gasteiger partial charge in [-0.2, -0.15) is 13.2 Å². The van der Waals surface area contributed by atoms with Crippen LogP contribution in [0.5, 0.6) is 0 Å². The van der Waals surface area contributed by atoms with E-state index < -0.39 is 23.7 Å². The van der Waals surface area contributed by atoms with Crippen LogP contribution in [0.25, 0.3) is 0 Å². The van der Waals surface area contributed by atoms with Gasteiger partial charge in [0.25, 0.3) is 5.91 Å². The fraction of sp³-hybridized carbons (Fsp3) is 0.350. The third kappa shape index (κ3) is 6.31. The van der Waals surface area contributed by atoms with Crippen LogP contribution >= 0.6 is 11.6 Å². The molecule has 2 heterocycles. The summed E-state index contributed by atoms with van der Waals surface area (Å²) in [7, 11) is 0. The summed E-state index contributed by atoms with van der Waals surface area (Å²) < 4.78 is 43.3. The molecular formula is C20H20ClF3N4O3. The van der Waals surface area contributed by atoms with Crippen LogP contribution in [0.15, 0.2) is 42.6 Å². The van der Waals surface area contributed by atoms with E-state index in [0.29, 0.717) is 44.1 Å². The number of carbonyl (C=O) groups excluding carboxylic acids is 2. The molecule has 11 heteroatoms. The number of nitrogens with one attached hydrogen (secondary N) is 1. The molecule has 0 bridgehead atoms. The van der Waals surface area contributed by atoms with E-state index in [-0.39, 0.29) is 11.6 Å². The Balaban J connectivity index is 1.40. The van der Waals surface area contributed by atoms with Crippen molar-refractivity contribution in [3.8, 4) is 0 Å². The number of imide groups is 1. The van der Waals surface area contributed by atoms with Gasteiger partial charge in [0.15, 0.2) is 0 Å². The number of halogens is 4. The Bertz CT molecular complexity index is 920. The smallest absolute Gasteiger partial charge is 0.417 e. The van der Waals surface area contributed by atoms with E-state index in [1.807, 2.05) is 9.80 Å². The maximum atomic E-state index is 12.7. The van der Waals surface area contributed by atoms with Crippen molar-refractivity contribution < 1.29 is 27.5 Å². The van der Waals surface area contributed by atoms with E-state index in [9.17, 15) is 22.8 Å². The summed E-state index contributed by atoms with van der Waals surface area (Å²) in [4.78, 5) is 31.4. The number of hydrogen-bond donors (Lipinski definition) is 1. The average Bonchev–Trinajstić information content (AvgIpc) is 2.74. The van der Waals surface area contributed by atoms with Crippen molar-refractivity contribution in [2.24, 2.45) is 0 Å². The number of alkyl halides is 3. The third-order valence-corrected chi connectivity index (χ3v) is 4.99. The second kappa shape index (κ2) is 9.97. The highest BCUT2D eigenvalue weighted by atomic mass is 35.5. The SMILES string of the molecule is O=C(NC(=O)c1ccccc1)OCCN1CCN(c2ncc(C(F)(F)F)cc2Cl)CC1. The Morgan fingerprint density at radius 3 is 2.42 bits per heavy atom. The molecule has 0 saturated carbocycles. The highest BCUT2D eigenvalue weighted by Crippen LogP contribution is 2.33. The molecule has 2 amide bonds. The van der Waals surface area contributed by atoms with Gasteiger partial charge in [-0.1, -0.05) is 29.8 Å². The van der Waals surface area contributed by atoms with Crippen LogP contribution in [0.2, 0.25) is 5.02 Å². The highest BCUT2D eigenvalue weighted by molar-refractivity contribution is 6.33. The number of benzene rings is 1. The Morgan fingerprint density at radius 1 is 1.13 bits per heavy atom. The molecule has 166 valence electrons. The predicted molar refractivity (Wildman–Crippen MR) is 108 cm³/mol. The van der Waals surface area contributed by atoms with Gasteiger partial charge < -0.3 is 9.64 Å². The van der Waals surface area contributed by atoms with Crippen LogP contribution in [-0.2, 0) is 10.9 Å². The molecule has 0 unspecified atom stereocenters. The first-order valence-corrected chi connectivity index (χ1v) is 9.85. The van der Waals surface area contributed by atoms with E-state index in [0.717, 1.165) is 12.3 Å². The zero-order valence-corrected chi connectivity index (χ0v) is 17.1. The molecule has 3 rings (SSSR count). The zero-order chi connectivity index (χ0) is 22.4. The summed E-state index contributed by atoms with van der Waals surface area (Å²) in [5.41, 5.74) is -0.535. The number of alkyl carbamates (subject to hydrolysis) is 1. The lowest BCUT2D eigenvalue weighted by Gasteiger charge is -2.35. The summed E-state index contributed by atoms with van der Waals surface area (Å²) in [5, 5.41) is 2.10. The maximum Gasteiger partial charge on any atom is 0.417 e. The fourth-order valence-electron chi connectivity index (χ4n) is 3.06. The quantitative estimate of drug-likeness (QED) is 0.743. The molecule has 0 aliphatic carbocycles. The minimum atomic E-state index is -4.49. The van der Waals surface area contributed by atoms with Crippen LogP contribution < -0.4 is 10.2 Å². The number of rotatable bonds is 5. The Labute approximate surface area is 181 Å². The van der Waals surface area contributed by atoms with Crippen molar-refractivity contribution in [3.63, 3.8) is 0 Å². The molecule has 1 aliphatic heterocycles. The number of pyridine rings is 1. The second-order valence-electron chi connectivity index (χ2n) is 6.81. The lowest BCUT2D eigenvalue weighted by Crippen LogP contribution is -2.48. The fourth-order valence-corrected chi connectivity index (χ4v) is 3.35. The van der Waals surface area contributed by atoms with Crippen molar-refractivity contribution in [2.75, 3.05) is 44.2 Å². The Kier molecular flexibility index (Phi) is 7.34. The van der Waals surface area contributed by atoms with Crippen molar-refractivity contribution in [1.29, 1.82) is 0 Å². The summed E-state index contributed by atoms with van der Waals surface area (Å²) in [6.45, 7) is 2.75. The van der Waals surface area contributed by atoms with Crippen molar-refractivity contribution in [3.05, 3.63) is 58.7 Å². The molecule has 0 spiro atoms. The van der Waals surface area contributed by atoms with E-state index in [2.05, 4.69) is 10.3 Å². The van der Waals surface area contributed by atoms with Crippen molar-refractivity contribution in [2.45, 2.75) is 6.18 Å². The number of ether oxygens (including phenoxy) is 1. The average molecular weight is 457 g/mol. The highest BCUT2D eigenvalue weighted by Gasteiger charge is 2.32. The molecule has 0 atom stereocenters. The Morgan fingerprint density at radius 2 is 1.81 bits per heavy atom. The number of anilines is 1. The molecular weight excluding hydrogens is 437 g/mol. The van der Waals surface area contributed by atoms with E-state index in [4.69, 9.17) is 16.3 Å². The number of aromatic nitrogens is 1. The summed E-state index contributed by atoms with van der Waals surface area (Å²) in [5.74, 6) is -0.232. The lowest BCUT2D eigenvalue weighted by atomic mass is 10.2. The number of amides is 2. The molecule has 1 saturated heterocycles. The first-order chi connectivity index (χ1) is 14.7. The largest absolute Gasteiger partial charge is 0.448 e. The zero-order valence-electron chi connectivity index (χ0n) is 16.4. The van der Waals surface area contributed by atoms with Crippen LogP contribution in [0.3, 0.4) is 0 Å². The van der Waals surface area contributed by atoms with Gasteiger partial charge in [-0.05, 0) is 18.2 Å². The third-order valence-electron chi connectivity index (χ3n) is 4.71. The van der Waals surface area contributed by atoms with Gasteiger partial charge >= 0.3 is 12.3 Å². The number of nitrogens with zero attached hydrogens (tertiary/aromatic N) is 3. The molecule has 1 aromatic carbocycles. The summed E-state index contributed by atoms with van der Waals surface area (Å²) in [6.07, 6.45) is -4.55. The molecule has 2 aromatic rings. The lowest BCUT2D eigenvalue weighted by molar-refractivity contribution is -0.137. The standard InChI is InChI=1S/C20H20ClF3N4O3/c21-16-12-15(20(22,23)24)13-25-17(16)28-8-6-27(7-9-28)10-11-31-19(30)26-18(29)14-4-2-1-3-5-14/h1-5,12-13H,6-11H2,(H,26,29,30). The van der Waals surface area contributed by atoms with E-state index in [1.165, 1.54) is 0 Å². The normalized spacial score (nSPS) is 14.9. The van der Waals surface area contributed by atoms with Gasteiger partial charge in [-0.25, -0.2) is 9.78 Å². The van der Waals surface area contributed by atoms with Gasteiger partial charge in [0.1, 0.15) is 12.4 Å². The van der Waals surface area contributed by atoms with Crippen molar-refractivity contribution >= 4 is 29.4 Å². The minimum Gasteiger partial charge on any atom is -0.448 e. The number of piperazine rings is 1. The van der Waals surface area contributed by atoms with Crippen LogP contribution in [0, 0.1) is 0 Å². The predicted octanol–water partition coefficient (Wildman–Crippen LogP) is 3.44. The Hall–Kier alpha value is -2.85. The van der Waals surface area contributed by atoms with E-state index >= 15 is 0 Å². The van der Waals surface area contributed by atoms with Gasteiger partial charge in [-0.3, -0.25) is 15.0 Å². The van der Waals surface area contributed by atoms with Gasteiger partial charge in [-0.15, -0.1) is 0 Å². The maximum absolute atomic E-state index is 12.7. The topological polar surface area (TPSA) is 74.8 Å². The van der Waals surface area contributed by atoms with Gasteiger partial charge in [0, 0.05) is 44.5 Å². The van der Waals surface area contributed by atoms with Gasteiger partial charge in [0.05, 0.1) is 10.6 Å². The van der Waals surface area contributed by atoms with Crippen LogP contribution in [0.4, 0.5) is 23.8 Å². The summed E-state index contributed by atoms with van der Waals surface area (Å²) >= 11 is 6.00. The van der Waals surface area contributed by atoms with Crippen LogP contribution in [0.1, 0.15) is 15.9 Å². The number of hydrogen-bond acceptors (Lipinski definition) is 6. The number of carbonyl (C=O) groups is 2. The first kappa shape index (κ1) is 22.8. The molecule has 1 aliphatic rings. The monoisotopic (exact) mass is 456 g/mol. The molecule has 1 fully saturated rings. The first-order valence-electron chi connectivity index (χ1n) is 9.47. The molecule has 7 nitrogen and oxygen atoms in total. The van der Waals surface area contributed by atoms with Crippen molar-refractivity contribution in [1.82, 2.24) is 15.2 Å². The molecule has 1 N–H and O–H groups in total. The molecule has 31 heavy (non-hydrogen) atoms. The molecule has 1 aromatic heterocycles. The minimum absolute atomic E-state index is 0.0497.